The van der Waals surface area contributed by atoms with Crippen LogP contribution in [0.15, 0.2) is 72.8 Å². The zero-order valence-corrected chi connectivity index (χ0v) is 20.1. The number of hydrogen-bond donors (Lipinski definition) is 0. The van der Waals surface area contributed by atoms with Gasteiger partial charge in [-0.05, 0) is 61.9 Å². The quantitative estimate of drug-likeness (QED) is 0.438. The molecule has 4 heteroatoms. The number of halogens is 1. The van der Waals surface area contributed by atoms with Gasteiger partial charge in [0.1, 0.15) is 5.82 Å². The van der Waals surface area contributed by atoms with E-state index in [1.54, 1.807) is 6.07 Å². The molecule has 2 aliphatic rings. The van der Waals surface area contributed by atoms with Crippen LogP contribution in [0.1, 0.15) is 51.4 Å². The lowest BCUT2D eigenvalue weighted by atomic mass is 9.86. The summed E-state index contributed by atoms with van der Waals surface area (Å²) in [5.74, 6) is 0.622. The maximum atomic E-state index is 14.4. The van der Waals surface area contributed by atoms with E-state index in [1.807, 2.05) is 43.3 Å². The number of amides is 1. The van der Waals surface area contributed by atoms with Crippen molar-refractivity contribution in [3.63, 3.8) is 0 Å². The summed E-state index contributed by atoms with van der Waals surface area (Å²) in [6.45, 7) is 7.27. The number of nitrogens with zero attached hydrogens (tertiary/aromatic N) is 2. The molecular weight excluding hydrogens is 423 g/mol. The van der Waals surface area contributed by atoms with Crippen LogP contribution in [0.2, 0.25) is 0 Å². The Morgan fingerprint density at radius 1 is 0.971 bits per heavy atom. The second-order valence-electron chi connectivity index (χ2n) is 10.1. The third-order valence-corrected chi connectivity index (χ3v) is 7.40. The lowest BCUT2D eigenvalue weighted by molar-refractivity contribution is 0.0710. The molecule has 3 nitrogen and oxygen atoms in total. The van der Waals surface area contributed by atoms with E-state index in [2.05, 4.69) is 41.0 Å². The molecule has 0 bridgehead atoms. The van der Waals surface area contributed by atoms with Crippen molar-refractivity contribution < 1.29 is 9.18 Å². The molecule has 5 rings (SSSR count). The van der Waals surface area contributed by atoms with Crippen LogP contribution in [-0.2, 0) is 6.54 Å². The molecule has 0 spiro atoms. The fourth-order valence-electron chi connectivity index (χ4n) is 5.48. The third kappa shape index (κ3) is 4.92. The monoisotopic (exact) mass is 456 g/mol. The van der Waals surface area contributed by atoms with Gasteiger partial charge in [0.05, 0.1) is 0 Å². The normalized spacial score (nSPS) is 20.4. The molecule has 2 atom stereocenters. The van der Waals surface area contributed by atoms with Gasteiger partial charge in [-0.15, -0.1) is 0 Å². The van der Waals surface area contributed by atoms with Crippen LogP contribution < -0.4 is 0 Å². The Morgan fingerprint density at radius 3 is 2.47 bits per heavy atom. The lowest BCUT2D eigenvalue weighted by Gasteiger charge is -2.29. The molecule has 0 radical (unpaired) electrons. The number of hydrogen-bond acceptors (Lipinski definition) is 2. The van der Waals surface area contributed by atoms with Gasteiger partial charge in [-0.25, -0.2) is 4.39 Å². The molecule has 34 heavy (non-hydrogen) atoms. The number of benzene rings is 3. The molecule has 1 amide bonds. The first-order chi connectivity index (χ1) is 16.5. The van der Waals surface area contributed by atoms with Crippen molar-refractivity contribution in [2.45, 2.75) is 45.2 Å². The maximum absolute atomic E-state index is 14.4. The van der Waals surface area contributed by atoms with E-state index in [-0.39, 0.29) is 11.7 Å². The minimum absolute atomic E-state index is 0.141. The fraction of sp³-hybridized carbons (Fsp3) is 0.367. The predicted molar refractivity (Wildman–Crippen MR) is 134 cm³/mol. The van der Waals surface area contributed by atoms with Gasteiger partial charge in [0.15, 0.2) is 0 Å². The average Bonchev–Trinajstić information content (AvgIpc) is 3.60. The van der Waals surface area contributed by atoms with E-state index in [9.17, 15) is 9.18 Å². The summed E-state index contributed by atoms with van der Waals surface area (Å²) < 4.78 is 14.4. The van der Waals surface area contributed by atoms with E-state index in [1.165, 1.54) is 17.2 Å². The third-order valence-electron chi connectivity index (χ3n) is 7.40. The summed E-state index contributed by atoms with van der Waals surface area (Å²) in [6, 6.07) is 23.9. The molecule has 0 N–H and O–H groups in total. The van der Waals surface area contributed by atoms with Crippen molar-refractivity contribution in [3.8, 4) is 0 Å². The van der Waals surface area contributed by atoms with E-state index >= 15 is 0 Å². The summed E-state index contributed by atoms with van der Waals surface area (Å²) in [7, 11) is 0. The standard InChI is InChI=1S/C30H33FN2O/c1-21-8-7-11-23(16-21)30(34)33(26-14-15-26)19-25-18-32(17-24-10-4-6-13-29(24)31)20-28(25)27-12-5-3-9-22(27)2/h3-13,16,25-26,28H,14-15,17-20H2,1-2H3. The SMILES string of the molecule is Cc1cccc(C(=O)N(CC2CN(Cc3ccccc3F)CC2c2ccccc2C)C2CC2)c1. The van der Waals surface area contributed by atoms with Crippen molar-refractivity contribution in [2.75, 3.05) is 19.6 Å². The zero-order valence-electron chi connectivity index (χ0n) is 20.1. The van der Waals surface area contributed by atoms with Crippen molar-refractivity contribution in [2.24, 2.45) is 5.92 Å². The smallest absolute Gasteiger partial charge is 0.254 e. The Bertz CT molecular complexity index is 1170. The van der Waals surface area contributed by atoms with Gasteiger partial charge >= 0.3 is 0 Å². The maximum Gasteiger partial charge on any atom is 0.254 e. The molecule has 1 aliphatic carbocycles. The van der Waals surface area contributed by atoms with E-state index < -0.39 is 0 Å². The van der Waals surface area contributed by atoms with Gasteiger partial charge in [-0.2, -0.15) is 0 Å². The van der Waals surface area contributed by atoms with Gasteiger partial charge in [0.2, 0.25) is 0 Å². The largest absolute Gasteiger partial charge is 0.335 e. The molecule has 2 unspecified atom stereocenters. The van der Waals surface area contributed by atoms with Crippen molar-refractivity contribution in [1.82, 2.24) is 9.80 Å². The van der Waals surface area contributed by atoms with E-state index in [0.29, 0.717) is 24.4 Å². The Balaban J connectivity index is 1.41. The van der Waals surface area contributed by atoms with Gasteiger partial charge in [0.25, 0.3) is 5.91 Å². The molecule has 176 valence electrons. The van der Waals surface area contributed by atoms with Crippen LogP contribution in [0.3, 0.4) is 0 Å². The number of carbonyl (C=O) groups excluding carboxylic acids is 1. The Labute approximate surface area is 202 Å². The van der Waals surface area contributed by atoms with Gasteiger partial charge < -0.3 is 4.90 Å². The number of carbonyl (C=O) groups is 1. The topological polar surface area (TPSA) is 23.6 Å². The molecule has 3 aromatic rings. The summed E-state index contributed by atoms with van der Waals surface area (Å²) >= 11 is 0. The minimum Gasteiger partial charge on any atom is -0.335 e. The summed E-state index contributed by atoms with van der Waals surface area (Å²) in [5.41, 5.74) is 5.26. The van der Waals surface area contributed by atoms with Crippen molar-refractivity contribution >= 4 is 5.91 Å². The van der Waals surface area contributed by atoms with Crippen LogP contribution in [0.5, 0.6) is 0 Å². The average molecular weight is 457 g/mol. The second kappa shape index (κ2) is 9.71. The highest BCUT2D eigenvalue weighted by Gasteiger charge is 2.40. The number of likely N-dealkylation sites (tertiary alicyclic amines) is 1. The highest BCUT2D eigenvalue weighted by molar-refractivity contribution is 5.94. The molecule has 1 saturated carbocycles. The molecular formula is C30H33FN2O. The van der Waals surface area contributed by atoms with Crippen LogP contribution in [0.25, 0.3) is 0 Å². The van der Waals surface area contributed by atoms with Crippen LogP contribution in [-0.4, -0.2) is 41.4 Å². The second-order valence-corrected chi connectivity index (χ2v) is 10.1. The minimum atomic E-state index is -0.146. The highest BCUT2D eigenvalue weighted by atomic mass is 19.1. The molecule has 3 aromatic carbocycles. The first-order valence-corrected chi connectivity index (χ1v) is 12.4. The van der Waals surface area contributed by atoms with Gasteiger partial charge in [-0.3, -0.25) is 9.69 Å². The Hall–Kier alpha value is -2.98. The summed E-state index contributed by atoms with van der Waals surface area (Å²) in [6.07, 6.45) is 2.16. The molecule has 1 saturated heterocycles. The molecule has 1 aliphatic heterocycles. The highest BCUT2D eigenvalue weighted by Crippen LogP contribution is 2.38. The van der Waals surface area contributed by atoms with Crippen LogP contribution in [0, 0.1) is 25.6 Å². The summed E-state index contributed by atoms with van der Waals surface area (Å²) in [4.78, 5) is 18.0. The first kappa shape index (κ1) is 22.8. The zero-order chi connectivity index (χ0) is 23.7. The Morgan fingerprint density at radius 2 is 1.74 bits per heavy atom. The number of aryl methyl sites for hydroxylation is 2. The van der Waals surface area contributed by atoms with Crippen LogP contribution in [0.4, 0.5) is 4.39 Å². The van der Waals surface area contributed by atoms with Gasteiger partial charge in [0, 0.05) is 49.3 Å². The Kier molecular flexibility index (Phi) is 6.51. The van der Waals surface area contributed by atoms with E-state index in [4.69, 9.17) is 0 Å². The molecule has 1 heterocycles. The first-order valence-electron chi connectivity index (χ1n) is 12.4. The fourth-order valence-corrected chi connectivity index (χ4v) is 5.48. The van der Waals surface area contributed by atoms with Crippen molar-refractivity contribution in [1.29, 1.82) is 0 Å². The predicted octanol–water partition coefficient (Wildman–Crippen LogP) is 5.96. The lowest BCUT2D eigenvalue weighted by Crippen LogP contribution is -2.39. The van der Waals surface area contributed by atoms with E-state index in [0.717, 1.165) is 49.2 Å². The van der Waals surface area contributed by atoms with Crippen LogP contribution >= 0.6 is 0 Å². The molecule has 2 fully saturated rings. The van der Waals surface area contributed by atoms with Crippen molar-refractivity contribution in [3.05, 3.63) is 106 Å². The molecule has 0 aromatic heterocycles. The summed E-state index contributed by atoms with van der Waals surface area (Å²) in [5, 5.41) is 0. The van der Waals surface area contributed by atoms with Gasteiger partial charge in [-0.1, -0.05) is 60.2 Å². The number of rotatable bonds is 7.